The van der Waals surface area contributed by atoms with Crippen LogP contribution in [-0.4, -0.2) is 49.2 Å². The van der Waals surface area contributed by atoms with Crippen molar-refractivity contribution in [3.8, 4) is 0 Å². The Morgan fingerprint density at radius 3 is 2.63 bits per heavy atom. The number of hydrogen-bond acceptors (Lipinski definition) is 4. The van der Waals surface area contributed by atoms with Gasteiger partial charge in [-0.2, -0.15) is 0 Å². The van der Waals surface area contributed by atoms with Gasteiger partial charge in [0.2, 0.25) is 0 Å². The van der Waals surface area contributed by atoms with Crippen molar-refractivity contribution in [2.75, 3.05) is 32.1 Å². The number of likely N-dealkylation sites (N-methyl/N-ethyl adjacent to an activating group) is 1. The topological polar surface area (TPSA) is 65.1 Å². The van der Waals surface area contributed by atoms with Crippen LogP contribution in [0, 0.1) is 5.92 Å². The van der Waals surface area contributed by atoms with Crippen LogP contribution in [0.15, 0.2) is 29.4 Å². The second kappa shape index (κ2) is 5.48. The summed E-state index contributed by atoms with van der Waals surface area (Å²) >= 11 is 0. The Labute approximate surface area is 114 Å². The molecule has 1 saturated heterocycles. The molecule has 0 amide bonds. The Balaban J connectivity index is 2.29. The zero-order chi connectivity index (χ0) is 14.0. The van der Waals surface area contributed by atoms with Crippen molar-refractivity contribution < 1.29 is 5.21 Å². The average molecular weight is 262 g/mol. The zero-order valence-electron chi connectivity index (χ0n) is 11.7. The average Bonchev–Trinajstić information content (AvgIpc) is 2.80. The van der Waals surface area contributed by atoms with Gasteiger partial charge in [0.15, 0.2) is 5.84 Å². The Bertz CT molecular complexity index is 472. The molecule has 0 bridgehead atoms. The van der Waals surface area contributed by atoms with E-state index in [-0.39, 0.29) is 5.84 Å². The number of hydrogen-bond donors (Lipinski definition) is 2. The van der Waals surface area contributed by atoms with Gasteiger partial charge >= 0.3 is 0 Å². The molecule has 0 spiro atoms. The highest BCUT2D eigenvalue weighted by atomic mass is 16.4. The van der Waals surface area contributed by atoms with Gasteiger partial charge in [-0.25, -0.2) is 0 Å². The zero-order valence-corrected chi connectivity index (χ0v) is 11.7. The van der Waals surface area contributed by atoms with Crippen molar-refractivity contribution in [2.24, 2.45) is 16.8 Å². The van der Waals surface area contributed by atoms with Gasteiger partial charge in [0.05, 0.1) is 0 Å². The molecule has 5 nitrogen and oxygen atoms in total. The number of para-hydroxylation sites is 1. The fourth-order valence-electron chi connectivity index (χ4n) is 2.84. The van der Waals surface area contributed by atoms with Crippen molar-refractivity contribution in [1.82, 2.24) is 4.90 Å². The molecule has 2 unspecified atom stereocenters. The van der Waals surface area contributed by atoms with Gasteiger partial charge in [0, 0.05) is 30.4 Å². The lowest BCUT2D eigenvalue weighted by atomic mass is 10.1. The van der Waals surface area contributed by atoms with Crippen LogP contribution in [0.1, 0.15) is 12.5 Å². The quantitative estimate of drug-likeness (QED) is 0.371. The number of anilines is 1. The van der Waals surface area contributed by atoms with Gasteiger partial charge in [0.1, 0.15) is 0 Å². The standard InChI is InChI=1S/C14H22N4O/c1-10-8-18(9-13(10)17(2)3)12-7-5-4-6-11(12)14(15)16-19/h4-7,10,13,19H,8-9H2,1-3H3,(H2,15,16). The summed E-state index contributed by atoms with van der Waals surface area (Å²) in [7, 11) is 4.22. The number of rotatable bonds is 3. The van der Waals surface area contributed by atoms with Crippen molar-refractivity contribution in [1.29, 1.82) is 0 Å². The van der Waals surface area contributed by atoms with Gasteiger partial charge in [-0.3, -0.25) is 0 Å². The fraction of sp³-hybridized carbons (Fsp3) is 0.500. The summed E-state index contributed by atoms with van der Waals surface area (Å²) in [5.74, 6) is 0.756. The molecule has 0 radical (unpaired) electrons. The van der Waals surface area contributed by atoms with Crippen LogP contribution in [0.4, 0.5) is 5.69 Å². The molecule has 2 rings (SSSR count). The molecule has 0 saturated carbocycles. The van der Waals surface area contributed by atoms with Crippen LogP contribution in [0.25, 0.3) is 0 Å². The minimum Gasteiger partial charge on any atom is -0.409 e. The highest BCUT2D eigenvalue weighted by Crippen LogP contribution is 2.28. The molecule has 2 atom stereocenters. The van der Waals surface area contributed by atoms with Crippen molar-refractivity contribution >= 4 is 11.5 Å². The molecule has 1 aliphatic rings. The SMILES string of the molecule is CC1CN(c2ccccc2/C(N)=N/O)CC1N(C)C. The fourth-order valence-corrected chi connectivity index (χ4v) is 2.84. The number of oxime groups is 1. The highest BCUT2D eigenvalue weighted by Gasteiger charge is 2.32. The normalized spacial score (nSPS) is 24.2. The first-order valence-electron chi connectivity index (χ1n) is 6.53. The van der Waals surface area contributed by atoms with E-state index in [2.05, 4.69) is 36.0 Å². The molecular formula is C14H22N4O. The molecule has 1 aliphatic heterocycles. The predicted molar refractivity (Wildman–Crippen MR) is 77.8 cm³/mol. The number of benzene rings is 1. The third kappa shape index (κ3) is 2.66. The maximum atomic E-state index is 8.88. The van der Waals surface area contributed by atoms with E-state index in [4.69, 9.17) is 10.9 Å². The summed E-state index contributed by atoms with van der Waals surface area (Å²) in [6.07, 6.45) is 0. The smallest absolute Gasteiger partial charge is 0.172 e. The molecular weight excluding hydrogens is 240 g/mol. The monoisotopic (exact) mass is 262 g/mol. The Morgan fingerprint density at radius 2 is 2.05 bits per heavy atom. The van der Waals surface area contributed by atoms with Gasteiger partial charge in [-0.05, 0) is 32.1 Å². The molecule has 1 aromatic carbocycles. The van der Waals surface area contributed by atoms with Crippen LogP contribution in [0.2, 0.25) is 0 Å². The van der Waals surface area contributed by atoms with Crippen LogP contribution < -0.4 is 10.6 Å². The van der Waals surface area contributed by atoms with Crippen LogP contribution >= 0.6 is 0 Å². The third-order valence-corrected chi connectivity index (χ3v) is 3.86. The van der Waals surface area contributed by atoms with Crippen LogP contribution in [0.3, 0.4) is 0 Å². The summed E-state index contributed by atoms with van der Waals surface area (Å²) in [4.78, 5) is 4.57. The van der Waals surface area contributed by atoms with E-state index in [1.807, 2.05) is 24.3 Å². The number of nitrogens with two attached hydrogens (primary N) is 1. The Kier molecular flexibility index (Phi) is 3.95. The largest absolute Gasteiger partial charge is 0.409 e. The first-order chi connectivity index (χ1) is 9.04. The predicted octanol–water partition coefficient (Wildman–Crippen LogP) is 1.17. The third-order valence-electron chi connectivity index (χ3n) is 3.86. The minimum absolute atomic E-state index is 0.163. The van der Waals surface area contributed by atoms with E-state index in [0.29, 0.717) is 12.0 Å². The maximum absolute atomic E-state index is 8.88. The molecule has 1 aromatic rings. The first-order valence-corrected chi connectivity index (χ1v) is 6.53. The molecule has 0 aromatic heterocycles. The Morgan fingerprint density at radius 1 is 1.37 bits per heavy atom. The van der Waals surface area contributed by atoms with Gasteiger partial charge in [0.25, 0.3) is 0 Å². The molecule has 3 N–H and O–H groups in total. The molecule has 19 heavy (non-hydrogen) atoms. The Hall–Kier alpha value is -1.75. The van der Waals surface area contributed by atoms with E-state index in [9.17, 15) is 0 Å². The summed E-state index contributed by atoms with van der Waals surface area (Å²) in [5, 5.41) is 12.0. The second-order valence-electron chi connectivity index (χ2n) is 5.42. The van der Waals surface area contributed by atoms with E-state index < -0.39 is 0 Å². The van der Waals surface area contributed by atoms with Crippen molar-refractivity contribution in [3.63, 3.8) is 0 Å². The van der Waals surface area contributed by atoms with Crippen LogP contribution in [-0.2, 0) is 0 Å². The van der Waals surface area contributed by atoms with E-state index in [1.165, 1.54) is 0 Å². The van der Waals surface area contributed by atoms with Crippen molar-refractivity contribution in [2.45, 2.75) is 13.0 Å². The van der Waals surface area contributed by atoms with E-state index >= 15 is 0 Å². The highest BCUT2D eigenvalue weighted by molar-refractivity contribution is 6.02. The number of nitrogens with zero attached hydrogens (tertiary/aromatic N) is 3. The van der Waals surface area contributed by atoms with E-state index in [0.717, 1.165) is 24.3 Å². The minimum atomic E-state index is 0.163. The first kappa shape index (κ1) is 13.7. The van der Waals surface area contributed by atoms with E-state index in [1.54, 1.807) is 0 Å². The lowest BCUT2D eigenvalue weighted by molar-refractivity contribution is 0.266. The molecule has 1 fully saturated rings. The second-order valence-corrected chi connectivity index (χ2v) is 5.42. The summed E-state index contributed by atoms with van der Waals surface area (Å²) < 4.78 is 0. The molecule has 1 heterocycles. The van der Waals surface area contributed by atoms with Gasteiger partial charge in [-0.15, -0.1) is 0 Å². The summed E-state index contributed by atoms with van der Waals surface area (Å²) in [5.41, 5.74) is 7.58. The summed E-state index contributed by atoms with van der Waals surface area (Å²) in [6, 6.07) is 8.33. The lowest BCUT2D eigenvalue weighted by Gasteiger charge is -2.24. The van der Waals surface area contributed by atoms with Gasteiger partial charge < -0.3 is 20.7 Å². The van der Waals surface area contributed by atoms with Gasteiger partial charge in [-0.1, -0.05) is 24.2 Å². The molecule has 0 aliphatic carbocycles. The molecule has 104 valence electrons. The lowest BCUT2D eigenvalue weighted by Crippen LogP contribution is -2.34. The summed E-state index contributed by atoms with van der Waals surface area (Å²) in [6.45, 7) is 4.21. The number of amidine groups is 1. The van der Waals surface area contributed by atoms with Crippen LogP contribution in [0.5, 0.6) is 0 Å². The van der Waals surface area contributed by atoms with Crippen molar-refractivity contribution in [3.05, 3.63) is 29.8 Å². The molecule has 5 heteroatoms. The maximum Gasteiger partial charge on any atom is 0.172 e.